The number of allylic oxidation sites excluding steroid dienone is 2. The number of carbonyl (C=O) groups is 2. The van der Waals surface area contributed by atoms with Gasteiger partial charge in [-0.1, -0.05) is 97.0 Å². The van der Waals surface area contributed by atoms with E-state index in [0.717, 1.165) is 49.2 Å². The second-order valence-electron chi connectivity index (χ2n) is 14.3. The molecule has 0 bridgehead atoms. The number of carbonyl (C=O) groups excluding carboxylic acids is 2. The molecule has 6 nitrogen and oxygen atoms in total. The summed E-state index contributed by atoms with van der Waals surface area (Å²) in [5.41, 5.74) is 8.77. The SMILES string of the molecule is CC(C)CC(=O)N1CCC[C@H]1C1=NC=C(c2ccc(-c3ccc(C4=CN=C([C@@H](NC(=O)C(C)(C)C)C(C)C)C4)cc3)cc2)C1. The van der Waals surface area contributed by atoms with Gasteiger partial charge in [0.25, 0.3) is 0 Å². The van der Waals surface area contributed by atoms with Gasteiger partial charge >= 0.3 is 0 Å². The second-order valence-corrected chi connectivity index (χ2v) is 14.3. The van der Waals surface area contributed by atoms with Crippen LogP contribution in [0.25, 0.3) is 22.3 Å². The molecule has 3 aliphatic rings. The van der Waals surface area contributed by atoms with E-state index in [4.69, 9.17) is 9.98 Å². The van der Waals surface area contributed by atoms with Gasteiger partial charge in [0.05, 0.1) is 12.1 Å². The molecule has 2 aromatic carbocycles. The van der Waals surface area contributed by atoms with Gasteiger partial charge in [0.2, 0.25) is 11.8 Å². The Labute approximate surface area is 263 Å². The van der Waals surface area contributed by atoms with Crippen molar-refractivity contribution in [3.63, 3.8) is 0 Å². The summed E-state index contributed by atoms with van der Waals surface area (Å²) in [5.74, 6) is 0.938. The number of hydrogen-bond donors (Lipinski definition) is 1. The first kappa shape index (κ1) is 31.6. The molecule has 2 aromatic rings. The monoisotopic (exact) mass is 592 g/mol. The Balaban J connectivity index is 1.18. The van der Waals surface area contributed by atoms with Gasteiger partial charge in [-0.3, -0.25) is 19.6 Å². The molecule has 44 heavy (non-hydrogen) atoms. The quantitative estimate of drug-likeness (QED) is 0.321. The Morgan fingerprint density at radius 2 is 1.39 bits per heavy atom. The summed E-state index contributed by atoms with van der Waals surface area (Å²) in [6.07, 6.45) is 8.16. The lowest BCUT2D eigenvalue weighted by Crippen LogP contribution is -2.48. The highest BCUT2D eigenvalue weighted by atomic mass is 16.2. The molecule has 0 saturated carbocycles. The van der Waals surface area contributed by atoms with Crippen LogP contribution in [0.4, 0.5) is 0 Å². The molecule has 6 heteroatoms. The minimum absolute atomic E-state index is 0.0500. The maximum Gasteiger partial charge on any atom is 0.225 e. The van der Waals surface area contributed by atoms with E-state index in [2.05, 4.69) is 86.4 Å². The Bertz CT molecular complexity index is 1500. The van der Waals surface area contributed by atoms with E-state index in [1.807, 2.05) is 33.2 Å². The average molecular weight is 593 g/mol. The normalized spacial score (nSPS) is 19.2. The molecular weight excluding hydrogens is 544 g/mol. The Morgan fingerprint density at radius 3 is 1.93 bits per heavy atom. The van der Waals surface area contributed by atoms with E-state index < -0.39 is 5.41 Å². The van der Waals surface area contributed by atoms with E-state index in [1.54, 1.807) is 0 Å². The lowest BCUT2D eigenvalue weighted by Gasteiger charge is -2.27. The van der Waals surface area contributed by atoms with E-state index in [0.29, 0.717) is 12.3 Å². The largest absolute Gasteiger partial charge is 0.347 e. The highest BCUT2D eigenvalue weighted by Gasteiger charge is 2.34. The number of amides is 2. The van der Waals surface area contributed by atoms with Crippen molar-refractivity contribution in [2.75, 3.05) is 6.54 Å². The van der Waals surface area contributed by atoms with Crippen molar-refractivity contribution < 1.29 is 9.59 Å². The zero-order valence-corrected chi connectivity index (χ0v) is 27.5. The van der Waals surface area contributed by atoms with Crippen LogP contribution >= 0.6 is 0 Å². The molecular formula is C38H48N4O2. The summed E-state index contributed by atoms with van der Waals surface area (Å²) in [6.45, 7) is 15.1. The number of benzene rings is 2. The Kier molecular flexibility index (Phi) is 9.38. The smallest absolute Gasteiger partial charge is 0.225 e. The van der Waals surface area contributed by atoms with Gasteiger partial charge in [-0.2, -0.15) is 0 Å². The molecule has 0 radical (unpaired) electrons. The fourth-order valence-corrected chi connectivity index (χ4v) is 6.27. The molecule has 3 heterocycles. The topological polar surface area (TPSA) is 74.1 Å². The van der Waals surface area contributed by atoms with Crippen molar-refractivity contribution in [1.29, 1.82) is 0 Å². The van der Waals surface area contributed by atoms with E-state index in [9.17, 15) is 9.59 Å². The van der Waals surface area contributed by atoms with E-state index >= 15 is 0 Å². The molecule has 0 aliphatic carbocycles. The van der Waals surface area contributed by atoms with E-state index in [1.165, 1.54) is 27.8 Å². The molecule has 1 N–H and O–H groups in total. The van der Waals surface area contributed by atoms with Crippen molar-refractivity contribution in [1.82, 2.24) is 10.2 Å². The highest BCUT2D eigenvalue weighted by Crippen LogP contribution is 2.33. The molecule has 3 aliphatic heterocycles. The Morgan fingerprint density at radius 1 is 0.841 bits per heavy atom. The lowest BCUT2D eigenvalue weighted by molar-refractivity contribution is -0.131. The molecule has 1 saturated heterocycles. The standard InChI is InChI=1S/C38H48N4O2/c1-24(2)19-35(43)42-18-8-9-34(42)32-20-30(22-39-32)28-14-10-26(11-15-28)27-12-16-29(17-13-27)31-21-33(40-23-31)36(25(3)4)41-37(44)38(5,6)7/h10-17,22-25,34,36H,8-9,18-21H2,1-7H3,(H,41,44)/t34-,36-/m0/s1. The summed E-state index contributed by atoms with van der Waals surface area (Å²) in [6, 6.07) is 17.5. The van der Waals surface area contributed by atoms with E-state index in [-0.39, 0.29) is 29.8 Å². The van der Waals surface area contributed by atoms with Gasteiger partial charge in [-0.05, 0) is 58.1 Å². The zero-order chi connectivity index (χ0) is 31.6. The molecule has 0 spiro atoms. The predicted molar refractivity (Wildman–Crippen MR) is 182 cm³/mol. The second kappa shape index (κ2) is 13.1. The van der Waals surface area contributed by atoms with Crippen molar-refractivity contribution in [2.24, 2.45) is 27.2 Å². The maximum atomic E-state index is 12.8. The number of likely N-dealkylation sites (tertiary alicyclic amines) is 1. The van der Waals surface area contributed by atoms with Gasteiger partial charge in [0, 0.05) is 55.0 Å². The summed E-state index contributed by atoms with van der Waals surface area (Å²) < 4.78 is 0. The third kappa shape index (κ3) is 7.11. The van der Waals surface area contributed by atoms with Gasteiger partial charge in [0.15, 0.2) is 0 Å². The molecule has 2 atom stereocenters. The maximum absolute atomic E-state index is 12.8. The molecule has 0 aromatic heterocycles. The van der Waals surface area contributed by atoms with Gasteiger partial charge < -0.3 is 10.2 Å². The Hall–Kier alpha value is -3.80. The zero-order valence-electron chi connectivity index (χ0n) is 27.5. The average Bonchev–Trinajstić information content (AvgIpc) is 3.76. The molecule has 5 rings (SSSR count). The molecule has 0 unspecified atom stereocenters. The number of nitrogens with one attached hydrogen (secondary N) is 1. The number of aliphatic imine (C=N–C) groups is 2. The van der Waals surface area contributed by atoms with Gasteiger partial charge in [0.1, 0.15) is 0 Å². The van der Waals surface area contributed by atoms with Crippen LogP contribution in [0.15, 0.2) is 70.9 Å². The first-order valence-electron chi connectivity index (χ1n) is 16.2. The fraction of sp³-hybridized carbons (Fsp3) is 0.474. The van der Waals surface area contributed by atoms with Crippen LogP contribution in [-0.2, 0) is 9.59 Å². The van der Waals surface area contributed by atoms with Crippen molar-refractivity contribution in [2.45, 2.75) is 92.7 Å². The van der Waals surface area contributed by atoms with Crippen molar-refractivity contribution >= 4 is 34.4 Å². The third-order valence-electron chi connectivity index (χ3n) is 8.89. The van der Waals surface area contributed by atoms with Crippen molar-refractivity contribution in [3.8, 4) is 11.1 Å². The third-order valence-corrected chi connectivity index (χ3v) is 8.89. The lowest BCUT2D eigenvalue weighted by atomic mass is 9.90. The van der Waals surface area contributed by atoms with Gasteiger partial charge in [-0.25, -0.2) is 0 Å². The minimum Gasteiger partial charge on any atom is -0.347 e. The van der Waals surface area contributed by atoms with Crippen LogP contribution in [-0.4, -0.2) is 46.8 Å². The van der Waals surface area contributed by atoms with Crippen LogP contribution in [0.5, 0.6) is 0 Å². The highest BCUT2D eigenvalue weighted by molar-refractivity contribution is 6.04. The summed E-state index contributed by atoms with van der Waals surface area (Å²) in [7, 11) is 0. The van der Waals surface area contributed by atoms with Crippen LogP contribution in [0.2, 0.25) is 0 Å². The summed E-state index contributed by atoms with van der Waals surface area (Å²) in [4.78, 5) is 37.1. The van der Waals surface area contributed by atoms with Gasteiger partial charge in [-0.15, -0.1) is 0 Å². The van der Waals surface area contributed by atoms with Crippen LogP contribution in [0.3, 0.4) is 0 Å². The summed E-state index contributed by atoms with van der Waals surface area (Å²) in [5, 5.41) is 3.22. The fourth-order valence-electron chi connectivity index (χ4n) is 6.27. The number of nitrogens with zero attached hydrogens (tertiary/aromatic N) is 3. The van der Waals surface area contributed by atoms with Crippen LogP contribution < -0.4 is 5.32 Å². The predicted octanol–water partition coefficient (Wildman–Crippen LogP) is 7.95. The van der Waals surface area contributed by atoms with Crippen molar-refractivity contribution in [3.05, 3.63) is 72.1 Å². The molecule has 1 fully saturated rings. The summed E-state index contributed by atoms with van der Waals surface area (Å²) >= 11 is 0. The first-order chi connectivity index (χ1) is 20.9. The minimum atomic E-state index is -0.437. The van der Waals surface area contributed by atoms with Crippen LogP contribution in [0, 0.1) is 17.3 Å². The van der Waals surface area contributed by atoms with Crippen LogP contribution in [0.1, 0.15) is 91.7 Å². The number of hydrogen-bond acceptors (Lipinski definition) is 4. The molecule has 232 valence electrons. The number of rotatable bonds is 9. The first-order valence-corrected chi connectivity index (χ1v) is 16.2. The molecule has 2 amide bonds.